The smallest absolute Gasteiger partial charge is 0.0384 e. The normalized spacial score (nSPS) is 12.2. The molecular formula is C24H27N. The second-order valence-corrected chi connectivity index (χ2v) is 7.11. The van der Waals surface area contributed by atoms with Gasteiger partial charge in [-0.15, -0.1) is 0 Å². The van der Waals surface area contributed by atoms with Gasteiger partial charge in [0.2, 0.25) is 0 Å². The van der Waals surface area contributed by atoms with Crippen LogP contribution in [0.3, 0.4) is 0 Å². The number of benzene rings is 3. The highest BCUT2D eigenvalue weighted by atomic mass is 14.9. The molecule has 0 aliphatic rings. The van der Waals surface area contributed by atoms with Gasteiger partial charge in [-0.2, -0.15) is 0 Å². The monoisotopic (exact) mass is 329 g/mol. The van der Waals surface area contributed by atoms with Gasteiger partial charge in [0.25, 0.3) is 0 Å². The molecule has 0 bridgehead atoms. The summed E-state index contributed by atoms with van der Waals surface area (Å²) in [6.07, 6.45) is 1.07. The predicted octanol–water partition coefficient (Wildman–Crippen LogP) is 6.90. The summed E-state index contributed by atoms with van der Waals surface area (Å²) in [5.74, 6) is 1.08. The van der Waals surface area contributed by atoms with Gasteiger partial charge in [0.1, 0.15) is 0 Å². The molecule has 1 unspecified atom stereocenters. The van der Waals surface area contributed by atoms with E-state index in [9.17, 15) is 0 Å². The van der Waals surface area contributed by atoms with Crippen molar-refractivity contribution in [1.82, 2.24) is 0 Å². The fraction of sp³-hybridized carbons (Fsp3) is 0.250. The predicted molar refractivity (Wildman–Crippen MR) is 109 cm³/mol. The Kier molecular flexibility index (Phi) is 5.55. The average molecular weight is 329 g/mol. The summed E-state index contributed by atoms with van der Waals surface area (Å²) in [6.45, 7) is 6.73. The van der Waals surface area contributed by atoms with E-state index >= 15 is 0 Å². The SMILES string of the molecule is CC(C)c1ccc(Nc2ccc(C(C)Cc3ccccc3)cc2)cc1. The van der Waals surface area contributed by atoms with E-state index in [1.165, 1.54) is 16.7 Å². The molecule has 0 heterocycles. The van der Waals surface area contributed by atoms with Crippen LogP contribution in [0.5, 0.6) is 0 Å². The first-order valence-electron chi connectivity index (χ1n) is 9.12. The fourth-order valence-electron chi connectivity index (χ4n) is 3.10. The van der Waals surface area contributed by atoms with E-state index in [0.29, 0.717) is 11.8 Å². The van der Waals surface area contributed by atoms with Gasteiger partial charge in [-0.05, 0) is 59.2 Å². The molecule has 1 nitrogen and oxygen atoms in total. The minimum atomic E-state index is 0.516. The molecule has 0 amide bonds. The van der Waals surface area contributed by atoms with Crippen molar-refractivity contribution in [3.63, 3.8) is 0 Å². The second kappa shape index (κ2) is 8.02. The Labute approximate surface area is 151 Å². The summed E-state index contributed by atoms with van der Waals surface area (Å²) >= 11 is 0. The van der Waals surface area contributed by atoms with Crippen LogP contribution in [0.1, 0.15) is 49.3 Å². The minimum absolute atomic E-state index is 0.516. The Morgan fingerprint density at radius 3 is 1.68 bits per heavy atom. The molecule has 1 heteroatoms. The first-order chi connectivity index (χ1) is 12.1. The molecule has 1 atom stereocenters. The second-order valence-electron chi connectivity index (χ2n) is 7.11. The molecule has 0 saturated carbocycles. The van der Waals surface area contributed by atoms with Crippen molar-refractivity contribution in [2.75, 3.05) is 5.32 Å². The topological polar surface area (TPSA) is 12.0 Å². The summed E-state index contributed by atoms with van der Waals surface area (Å²) in [5, 5.41) is 3.49. The minimum Gasteiger partial charge on any atom is -0.356 e. The Bertz CT molecular complexity index is 771. The van der Waals surface area contributed by atoms with Crippen molar-refractivity contribution in [2.45, 2.75) is 39.0 Å². The van der Waals surface area contributed by atoms with Crippen molar-refractivity contribution in [2.24, 2.45) is 0 Å². The van der Waals surface area contributed by atoms with Crippen LogP contribution in [-0.2, 0) is 6.42 Å². The third-order valence-corrected chi connectivity index (χ3v) is 4.73. The highest BCUT2D eigenvalue weighted by molar-refractivity contribution is 5.60. The summed E-state index contributed by atoms with van der Waals surface area (Å²) in [6, 6.07) is 28.2. The largest absolute Gasteiger partial charge is 0.356 e. The Morgan fingerprint density at radius 1 is 0.640 bits per heavy atom. The molecule has 3 rings (SSSR count). The number of rotatable bonds is 6. The summed E-state index contributed by atoms with van der Waals surface area (Å²) in [4.78, 5) is 0. The van der Waals surface area contributed by atoms with Crippen LogP contribution in [0.25, 0.3) is 0 Å². The van der Waals surface area contributed by atoms with E-state index in [-0.39, 0.29) is 0 Å². The quantitative estimate of drug-likeness (QED) is 0.518. The molecule has 0 radical (unpaired) electrons. The van der Waals surface area contributed by atoms with Gasteiger partial charge >= 0.3 is 0 Å². The van der Waals surface area contributed by atoms with E-state index in [1.807, 2.05) is 0 Å². The lowest BCUT2D eigenvalue weighted by Crippen LogP contribution is -1.99. The lowest BCUT2D eigenvalue weighted by molar-refractivity contribution is 0.759. The number of anilines is 2. The number of hydrogen-bond donors (Lipinski definition) is 1. The summed E-state index contributed by atoms with van der Waals surface area (Å²) < 4.78 is 0. The van der Waals surface area contributed by atoms with Gasteiger partial charge in [-0.25, -0.2) is 0 Å². The zero-order valence-electron chi connectivity index (χ0n) is 15.4. The van der Waals surface area contributed by atoms with Crippen molar-refractivity contribution in [1.29, 1.82) is 0 Å². The molecule has 3 aromatic carbocycles. The molecular weight excluding hydrogens is 302 g/mol. The molecule has 128 valence electrons. The average Bonchev–Trinajstić information content (AvgIpc) is 2.63. The highest BCUT2D eigenvalue weighted by Gasteiger charge is 2.07. The molecule has 0 fully saturated rings. The molecule has 25 heavy (non-hydrogen) atoms. The first kappa shape index (κ1) is 17.3. The maximum atomic E-state index is 3.49. The molecule has 0 saturated heterocycles. The summed E-state index contributed by atoms with van der Waals surface area (Å²) in [5.41, 5.74) is 6.41. The number of nitrogens with one attached hydrogen (secondary N) is 1. The highest BCUT2D eigenvalue weighted by Crippen LogP contribution is 2.24. The van der Waals surface area contributed by atoms with Crippen LogP contribution in [-0.4, -0.2) is 0 Å². The Balaban J connectivity index is 1.63. The third kappa shape index (κ3) is 4.73. The summed E-state index contributed by atoms with van der Waals surface area (Å²) in [7, 11) is 0. The van der Waals surface area contributed by atoms with Crippen LogP contribution >= 0.6 is 0 Å². The lowest BCUT2D eigenvalue weighted by atomic mass is 9.93. The van der Waals surface area contributed by atoms with Gasteiger partial charge < -0.3 is 5.32 Å². The molecule has 0 aliphatic heterocycles. The standard InChI is InChI=1S/C24H27N/c1-18(2)21-9-13-23(14-10-21)25-24-15-11-22(12-16-24)19(3)17-20-7-5-4-6-8-20/h4-16,18-19,25H,17H2,1-3H3. The molecule has 3 aromatic rings. The third-order valence-electron chi connectivity index (χ3n) is 4.73. The molecule has 0 aromatic heterocycles. The van der Waals surface area contributed by atoms with Crippen LogP contribution < -0.4 is 5.32 Å². The van der Waals surface area contributed by atoms with Crippen LogP contribution in [0.15, 0.2) is 78.9 Å². The van der Waals surface area contributed by atoms with Gasteiger partial charge in [-0.1, -0.05) is 75.4 Å². The maximum absolute atomic E-state index is 3.49. The van der Waals surface area contributed by atoms with Gasteiger partial charge in [0, 0.05) is 11.4 Å². The van der Waals surface area contributed by atoms with Crippen molar-refractivity contribution in [3.05, 3.63) is 95.6 Å². The molecule has 0 aliphatic carbocycles. The first-order valence-corrected chi connectivity index (χ1v) is 9.12. The number of hydrogen-bond acceptors (Lipinski definition) is 1. The van der Waals surface area contributed by atoms with E-state index in [2.05, 4.69) is 105 Å². The van der Waals surface area contributed by atoms with Crippen molar-refractivity contribution in [3.8, 4) is 0 Å². The van der Waals surface area contributed by atoms with Gasteiger partial charge in [-0.3, -0.25) is 0 Å². The Morgan fingerprint density at radius 2 is 1.16 bits per heavy atom. The van der Waals surface area contributed by atoms with Gasteiger partial charge in [0.05, 0.1) is 0 Å². The van der Waals surface area contributed by atoms with E-state index in [0.717, 1.165) is 17.8 Å². The zero-order chi connectivity index (χ0) is 17.6. The zero-order valence-corrected chi connectivity index (χ0v) is 15.4. The fourth-order valence-corrected chi connectivity index (χ4v) is 3.10. The van der Waals surface area contributed by atoms with E-state index in [4.69, 9.17) is 0 Å². The van der Waals surface area contributed by atoms with Crippen molar-refractivity contribution >= 4 is 11.4 Å². The van der Waals surface area contributed by atoms with Crippen molar-refractivity contribution < 1.29 is 0 Å². The maximum Gasteiger partial charge on any atom is 0.0384 e. The van der Waals surface area contributed by atoms with Gasteiger partial charge in [0.15, 0.2) is 0 Å². The van der Waals surface area contributed by atoms with Crippen LogP contribution in [0, 0.1) is 0 Å². The van der Waals surface area contributed by atoms with Crippen LogP contribution in [0.4, 0.5) is 11.4 Å². The van der Waals surface area contributed by atoms with Crippen LogP contribution in [0.2, 0.25) is 0 Å². The molecule has 1 N–H and O–H groups in total. The molecule has 0 spiro atoms. The van der Waals surface area contributed by atoms with E-state index in [1.54, 1.807) is 0 Å². The van der Waals surface area contributed by atoms with E-state index < -0.39 is 0 Å². The lowest BCUT2D eigenvalue weighted by Gasteiger charge is -2.14. The Hall–Kier alpha value is -2.54.